The molecule has 0 saturated carbocycles. The van der Waals surface area contributed by atoms with E-state index in [1.807, 2.05) is 0 Å². The Morgan fingerprint density at radius 3 is 1.19 bits per heavy atom. The molecule has 194 valence electrons. The fourth-order valence-corrected chi connectivity index (χ4v) is 3.28. The van der Waals surface area contributed by atoms with Gasteiger partial charge in [-0.05, 0) is 25.0 Å². The van der Waals surface area contributed by atoms with Crippen LogP contribution in [-0.4, -0.2) is 63.5 Å². The van der Waals surface area contributed by atoms with Gasteiger partial charge in [0.15, 0.2) is 12.2 Å². The minimum Gasteiger partial charge on any atom is -0.463 e. The average Bonchev–Trinajstić information content (AvgIpc) is 2.88. The van der Waals surface area contributed by atoms with Gasteiger partial charge in [0.25, 0.3) is 0 Å². The maximum Gasteiger partial charge on any atom is 0.352 e. The summed E-state index contributed by atoms with van der Waals surface area (Å²) in [6, 6.07) is 16.8. The number of benzene rings is 2. The molecule has 0 radical (unpaired) electrons. The summed E-state index contributed by atoms with van der Waals surface area (Å²) in [4.78, 5) is 51.6. The number of ether oxygens (including phenoxy) is 6. The lowest BCUT2D eigenvalue weighted by atomic mass is 10.1. The van der Waals surface area contributed by atoms with Gasteiger partial charge in [0, 0.05) is 14.2 Å². The molecule has 36 heavy (non-hydrogen) atoms. The van der Waals surface area contributed by atoms with Crippen LogP contribution in [-0.2, 0) is 47.6 Å². The lowest BCUT2D eigenvalue weighted by Gasteiger charge is -2.26. The molecule has 4 atom stereocenters. The molecule has 0 aliphatic heterocycles. The molecule has 0 aliphatic rings. The Hall–Kier alpha value is -3.76. The van der Waals surface area contributed by atoms with E-state index < -0.39 is 48.3 Å². The van der Waals surface area contributed by atoms with E-state index in [1.54, 1.807) is 60.7 Å². The fourth-order valence-electron chi connectivity index (χ4n) is 3.28. The standard InChI is InChI=1S/C26H30O10/c1-5-33-23(27)21(35-25(29)19(31-3)17-13-9-7-10-14-17)22(24(28)34-6-2)36-26(30)20(32-4)18-15-11-8-12-16-18/h7-16,19-22H,5-6H2,1-4H3/t19-,20-,21-,22-/m1/s1. The predicted octanol–water partition coefficient (Wildman–Crippen LogP) is 2.71. The molecule has 0 aromatic heterocycles. The maximum absolute atomic E-state index is 13.0. The van der Waals surface area contributed by atoms with Gasteiger partial charge in [-0.1, -0.05) is 60.7 Å². The number of carbonyl (C=O) groups excluding carboxylic acids is 4. The molecule has 10 heteroatoms. The van der Waals surface area contributed by atoms with Crippen LogP contribution in [0.25, 0.3) is 0 Å². The van der Waals surface area contributed by atoms with E-state index in [-0.39, 0.29) is 13.2 Å². The molecular weight excluding hydrogens is 472 g/mol. The molecule has 0 N–H and O–H groups in total. The first kappa shape index (κ1) is 28.5. The number of rotatable bonds is 13. The van der Waals surface area contributed by atoms with Crippen molar-refractivity contribution in [3.05, 3.63) is 71.8 Å². The molecule has 2 aromatic carbocycles. The van der Waals surface area contributed by atoms with E-state index in [0.717, 1.165) is 0 Å². The highest BCUT2D eigenvalue weighted by Gasteiger charge is 2.44. The summed E-state index contributed by atoms with van der Waals surface area (Å²) in [5, 5.41) is 0. The van der Waals surface area contributed by atoms with Gasteiger partial charge < -0.3 is 28.4 Å². The summed E-state index contributed by atoms with van der Waals surface area (Å²) < 4.78 is 31.2. The highest BCUT2D eigenvalue weighted by Crippen LogP contribution is 2.23. The molecule has 0 heterocycles. The van der Waals surface area contributed by atoms with Gasteiger partial charge in [-0.3, -0.25) is 0 Å². The van der Waals surface area contributed by atoms with E-state index in [1.165, 1.54) is 28.1 Å². The third-order valence-electron chi connectivity index (χ3n) is 4.90. The summed E-state index contributed by atoms with van der Waals surface area (Å²) in [6.45, 7) is 2.88. The van der Waals surface area contributed by atoms with Gasteiger partial charge in [0.1, 0.15) is 0 Å². The molecule has 0 amide bonds. The molecular formula is C26H30O10. The second-order valence-corrected chi connectivity index (χ2v) is 7.27. The van der Waals surface area contributed by atoms with Gasteiger partial charge >= 0.3 is 23.9 Å². The van der Waals surface area contributed by atoms with E-state index in [4.69, 9.17) is 28.4 Å². The highest BCUT2D eigenvalue weighted by molar-refractivity contribution is 5.90. The quantitative estimate of drug-likeness (QED) is 0.298. The first-order valence-corrected chi connectivity index (χ1v) is 11.3. The van der Waals surface area contributed by atoms with Crippen LogP contribution in [0.15, 0.2) is 60.7 Å². The van der Waals surface area contributed by atoms with Crippen LogP contribution in [0.5, 0.6) is 0 Å². The molecule has 2 aromatic rings. The Bertz CT molecular complexity index is 911. The lowest BCUT2D eigenvalue weighted by Crippen LogP contribution is -2.48. The van der Waals surface area contributed by atoms with Crippen LogP contribution < -0.4 is 0 Å². The van der Waals surface area contributed by atoms with Crippen molar-refractivity contribution in [3.8, 4) is 0 Å². The van der Waals surface area contributed by atoms with Crippen molar-refractivity contribution in [2.24, 2.45) is 0 Å². The normalized spacial score (nSPS) is 14.0. The average molecular weight is 503 g/mol. The van der Waals surface area contributed by atoms with Gasteiger partial charge in [-0.15, -0.1) is 0 Å². The molecule has 0 spiro atoms. The Morgan fingerprint density at radius 1 is 0.583 bits per heavy atom. The van der Waals surface area contributed by atoms with Gasteiger partial charge in [0.05, 0.1) is 13.2 Å². The summed E-state index contributed by atoms with van der Waals surface area (Å²) in [5.74, 6) is -4.21. The molecule has 0 unspecified atom stereocenters. The zero-order valence-corrected chi connectivity index (χ0v) is 20.6. The number of carbonyl (C=O) groups is 4. The lowest BCUT2D eigenvalue weighted by molar-refractivity contribution is -0.198. The minimum absolute atomic E-state index is 0.0898. The maximum atomic E-state index is 13.0. The van der Waals surface area contributed by atoms with Crippen LogP contribution in [0.1, 0.15) is 37.2 Å². The zero-order chi connectivity index (χ0) is 26.5. The van der Waals surface area contributed by atoms with Crippen molar-refractivity contribution >= 4 is 23.9 Å². The molecule has 2 rings (SSSR count). The van der Waals surface area contributed by atoms with Crippen molar-refractivity contribution in [3.63, 3.8) is 0 Å². The first-order valence-electron chi connectivity index (χ1n) is 11.3. The van der Waals surface area contributed by atoms with Crippen LogP contribution in [0.4, 0.5) is 0 Å². The fraction of sp³-hybridized carbons (Fsp3) is 0.385. The number of hydrogen-bond acceptors (Lipinski definition) is 10. The molecule has 0 aliphatic carbocycles. The van der Waals surface area contributed by atoms with Crippen LogP contribution in [0.2, 0.25) is 0 Å². The molecule has 0 bridgehead atoms. The van der Waals surface area contributed by atoms with Crippen LogP contribution >= 0.6 is 0 Å². The Kier molecular flexibility index (Phi) is 11.5. The van der Waals surface area contributed by atoms with Crippen molar-refractivity contribution in [2.75, 3.05) is 27.4 Å². The highest BCUT2D eigenvalue weighted by atomic mass is 16.7. The largest absolute Gasteiger partial charge is 0.463 e. The number of hydrogen-bond donors (Lipinski definition) is 0. The van der Waals surface area contributed by atoms with Gasteiger partial charge in [-0.2, -0.15) is 0 Å². The summed E-state index contributed by atoms with van der Waals surface area (Å²) >= 11 is 0. The zero-order valence-electron chi connectivity index (χ0n) is 20.6. The van der Waals surface area contributed by atoms with E-state index in [0.29, 0.717) is 11.1 Å². The smallest absolute Gasteiger partial charge is 0.352 e. The first-order chi connectivity index (χ1) is 17.4. The second kappa shape index (κ2) is 14.6. The van der Waals surface area contributed by atoms with E-state index >= 15 is 0 Å². The van der Waals surface area contributed by atoms with E-state index in [2.05, 4.69) is 0 Å². The van der Waals surface area contributed by atoms with Crippen molar-refractivity contribution < 1.29 is 47.6 Å². The predicted molar refractivity (Wildman–Crippen MR) is 125 cm³/mol. The summed E-state index contributed by atoms with van der Waals surface area (Å²) in [6.07, 6.45) is -6.37. The number of esters is 4. The summed E-state index contributed by atoms with van der Waals surface area (Å²) in [7, 11) is 2.56. The van der Waals surface area contributed by atoms with Crippen LogP contribution in [0.3, 0.4) is 0 Å². The van der Waals surface area contributed by atoms with Gasteiger partial charge in [-0.25, -0.2) is 19.2 Å². The van der Waals surface area contributed by atoms with Crippen molar-refractivity contribution in [1.29, 1.82) is 0 Å². The monoisotopic (exact) mass is 502 g/mol. The van der Waals surface area contributed by atoms with E-state index in [9.17, 15) is 19.2 Å². The third-order valence-corrected chi connectivity index (χ3v) is 4.90. The Balaban J connectivity index is 2.38. The third kappa shape index (κ3) is 7.62. The Morgan fingerprint density at radius 2 is 0.917 bits per heavy atom. The molecule has 0 saturated heterocycles. The second-order valence-electron chi connectivity index (χ2n) is 7.27. The minimum atomic E-state index is -1.96. The number of methoxy groups -OCH3 is 2. The Labute approximate surface area is 209 Å². The molecule has 10 nitrogen and oxygen atoms in total. The van der Waals surface area contributed by atoms with Crippen molar-refractivity contribution in [2.45, 2.75) is 38.3 Å². The summed E-state index contributed by atoms with van der Waals surface area (Å²) in [5.41, 5.74) is 0.890. The SMILES string of the molecule is CCOC(=O)[C@H](OC(=O)[C@H](OC)c1ccccc1)[C@@H](OC(=O)[C@H](OC)c1ccccc1)C(=O)OCC. The van der Waals surface area contributed by atoms with Crippen molar-refractivity contribution in [1.82, 2.24) is 0 Å². The van der Waals surface area contributed by atoms with Crippen LogP contribution in [0, 0.1) is 0 Å². The topological polar surface area (TPSA) is 124 Å². The van der Waals surface area contributed by atoms with Gasteiger partial charge in [0.2, 0.25) is 12.2 Å². The molecule has 0 fully saturated rings.